The molecule has 2 aromatic heterocycles. The SMILES string of the molecule is O=C(NC(=S)Nc1cccc2cccnc12)c1ccc(-c2ccc(Cl)cc2Cl)o1. The molecule has 4 aromatic rings. The molecule has 5 nitrogen and oxygen atoms in total. The lowest BCUT2D eigenvalue weighted by Crippen LogP contribution is -2.33. The van der Waals surface area contributed by atoms with Crippen molar-refractivity contribution in [3.8, 4) is 11.3 Å². The second-order valence-corrected chi connectivity index (χ2v) is 7.33. The molecule has 0 atom stereocenters. The van der Waals surface area contributed by atoms with Crippen LogP contribution in [0, 0.1) is 0 Å². The molecule has 2 heterocycles. The molecule has 8 heteroatoms. The van der Waals surface area contributed by atoms with E-state index < -0.39 is 5.91 Å². The Hall–Kier alpha value is -2.93. The Morgan fingerprint density at radius 3 is 2.69 bits per heavy atom. The van der Waals surface area contributed by atoms with Crippen molar-refractivity contribution < 1.29 is 9.21 Å². The van der Waals surface area contributed by atoms with Crippen LogP contribution in [0.1, 0.15) is 10.6 Å². The average molecular weight is 442 g/mol. The number of hydrogen-bond acceptors (Lipinski definition) is 4. The van der Waals surface area contributed by atoms with Crippen LogP contribution in [0.4, 0.5) is 5.69 Å². The van der Waals surface area contributed by atoms with Gasteiger partial charge in [-0.05, 0) is 54.7 Å². The van der Waals surface area contributed by atoms with Crippen LogP contribution >= 0.6 is 35.4 Å². The Labute approximate surface area is 181 Å². The lowest BCUT2D eigenvalue weighted by Gasteiger charge is -2.10. The van der Waals surface area contributed by atoms with Gasteiger partial charge in [-0.1, -0.05) is 41.4 Å². The van der Waals surface area contributed by atoms with Gasteiger partial charge in [-0.25, -0.2) is 0 Å². The first-order valence-corrected chi connectivity index (χ1v) is 9.69. The minimum atomic E-state index is -0.480. The molecule has 0 unspecified atom stereocenters. The largest absolute Gasteiger partial charge is 0.451 e. The molecular formula is C21H13Cl2N3O2S. The quantitative estimate of drug-likeness (QED) is 0.385. The van der Waals surface area contributed by atoms with E-state index >= 15 is 0 Å². The van der Waals surface area contributed by atoms with E-state index in [1.807, 2.05) is 30.3 Å². The van der Waals surface area contributed by atoms with Gasteiger partial charge in [0.1, 0.15) is 5.76 Å². The number of carbonyl (C=O) groups is 1. The first-order valence-electron chi connectivity index (χ1n) is 8.52. The normalized spacial score (nSPS) is 10.7. The topological polar surface area (TPSA) is 67.2 Å². The summed E-state index contributed by atoms with van der Waals surface area (Å²) in [4.78, 5) is 16.8. The third-order valence-electron chi connectivity index (χ3n) is 4.13. The maximum Gasteiger partial charge on any atom is 0.293 e. The number of benzene rings is 2. The van der Waals surface area contributed by atoms with Crippen LogP contribution in [0.5, 0.6) is 0 Å². The van der Waals surface area contributed by atoms with Gasteiger partial charge in [-0.15, -0.1) is 0 Å². The summed E-state index contributed by atoms with van der Waals surface area (Å²) in [5.74, 6) is 0.0761. The van der Waals surface area contributed by atoms with E-state index in [0.29, 0.717) is 27.1 Å². The van der Waals surface area contributed by atoms with Crippen molar-refractivity contribution in [3.63, 3.8) is 0 Å². The number of carbonyl (C=O) groups excluding carboxylic acids is 1. The minimum absolute atomic E-state index is 0.103. The summed E-state index contributed by atoms with van der Waals surface area (Å²) in [7, 11) is 0. The second kappa shape index (κ2) is 8.21. The fourth-order valence-electron chi connectivity index (χ4n) is 2.82. The van der Waals surface area contributed by atoms with Crippen LogP contribution in [-0.2, 0) is 0 Å². The van der Waals surface area contributed by atoms with Crippen molar-refractivity contribution in [1.29, 1.82) is 0 Å². The molecule has 2 N–H and O–H groups in total. The summed E-state index contributed by atoms with van der Waals surface area (Å²) in [5.41, 5.74) is 2.09. The third kappa shape index (κ3) is 4.24. The van der Waals surface area contributed by atoms with E-state index in [1.165, 1.54) is 0 Å². The smallest absolute Gasteiger partial charge is 0.293 e. The Bertz CT molecular complexity index is 1230. The molecule has 0 saturated heterocycles. The number of rotatable bonds is 3. The Kier molecular flexibility index (Phi) is 5.49. The standard InChI is InChI=1S/C21H13Cl2N3O2S/c22-13-6-7-14(15(23)11-13)17-8-9-18(28-17)20(27)26-21(29)25-16-5-1-3-12-4-2-10-24-19(12)16/h1-11H,(H2,25,26,27,29). The van der Waals surface area contributed by atoms with Gasteiger partial charge in [0.2, 0.25) is 0 Å². The monoisotopic (exact) mass is 441 g/mol. The summed E-state index contributed by atoms with van der Waals surface area (Å²) in [6.45, 7) is 0. The van der Waals surface area contributed by atoms with E-state index in [0.717, 1.165) is 10.9 Å². The Morgan fingerprint density at radius 2 is 1.86 bits per heavy atom. The molecule has 0 spiro atoms. The lowest BCUT2D eigenvalue weighted by atomic mass is 10.2. The van der Waals surface area contributed by atoms with E-state index in [-0.39, 0.29) is 10.9 Å². The van der Waals surface area contributed by atoms with Gasteiger partial charge in [0.15, 0.2) is 10.9 Å². The summed E-state index contributed by atoms with van der Waals surface area (Å²) in [5, 5.41) is 7.64. The van der Waals surface area contributed by atoms with Crippen LogP contribution in [0.15, 0.2) is 71.3 Å². The predicted octanol–water partition coefficient (Wildman–Crippen LogP) is 5.93. The number of hydrogen-bond donors (Lipinski definition) is 2. The molecule has 0 aliphatic carbocycles. The maximum absolute atomic E-state index is 12.5. The fourth-order valence-corrected chi connectivity index (χ4v) is 3.52. The van der Waals surface area contributed by atoms with Gasteiger partial charge in [0.25, 0.3) is 5.91 Å². The van der Waals surface area contributed by atoms with Gasteiger partial charge in [0, 0.05) is 22.2 Å². The van der Waals surface area contributed by atoms with Crippen molar-refractivity contribution in [1.82, 2.24) is 10.3 Å². The van der Waals surface area contributed by atoms with Gasteiger partial charge < -0.3 is 9.73 Å². The zero-order valence-electron chi connectivity index (χ0n) is 14.8. The number of para-hydroxylation sites is 1. The Morgan fingerprint density at radius 1 is 1.03 bits per heavy atom. The predicted molar refractivity (Wildman–Crippen MR) is 120 cm³/mol. The zero-order valence-corrected chi connectivity index (χ0v) is 17.1. The van der Waals surface area contributed by atoms with Crippen molar-refractivity contribution >= 4 is 63.0 Å². The highest BCUT2D eigenvalue weighted by Gasteiger charge is 2.16. The second-order valence-electron chi connectivity index (χ2n) is 6.08. The van der Waals surface area contributed by atoms with Crippen LogP contribution in [0.25, 0.3) is 22.2 Å². The minimum Gasteiger partial charge on any atom is -0.451 e. The molecule has 29 heavy (non-hydrogen) atoms. The number of nitrogens with one attached hydrogen (secondary N) is 2. The average Bonchev–Trinajstić information content (AvgIpc) is 3.18. The zero-order chi connectivity index (χ0) is 20.4. The highest BCUT2D eigenvalue weighted by molar-refractivity contribution is 7.80. The van der Waals surface area contributed by atoms with Crippen LogP contribution < -0.4 is 10.6 Å². The number of anilines is 1. The molecule has 4 rings (SSSR count). The van der Waals surface area contributed by atoms with Gasteiger partial charge >= 0.3 is 0 Å². The van der Waals surface area contributed by atoms with E-state index in [2.05, 4.69) is 15.6 Å². The summed E-state index contributed by atoms with van der Waals surface area (Å²) >= 11 is 17.4. The molecule has 0 radical (unpaired) electrons. The summed E-state index contributed by atoms with van der Waals surface area (Å²) in [6.07, 6.45) is 1.70. The Balaban J connectivity index is 1.48. The first-order chi connectivity index (χ1) is 14.0. The summed E-state index contributed by atoms with van der Waals surface area (Å²) in [6, 6.07) is 17.7. The van der Waals surface area contributed by atoms with E-state index in [9.17, 15) is 4.79 Å². The van der Waals surface area contributed by atoms with Crippen molar-refractivity contribution in [2.45, 2.75) is 0 Å². The molecule has 0 aliphatic heterocycles. The molecule has 0 bridgehead atoms. The van der Waals surface area contributed by atoms with E-state index in [1.54, 1.807) is 36.5 Å². The maximum atomic E-state index is 12.5. The van der Waals surface area contributed by atoms with Gasteiger partial charge in [-0.3, -0.25) is 15.1 Å². The number of halogens is 2. The molecule has 0 fully saturated rings. The van der Waals surface area contributed by atoms with Crippen molar-refractivity contribution in [3.05, 3.63) is 82.7 Å². The molecule has 0 aliphatic rings. The van der Waals surface area contributed by atoms with Crippen LogP contribution in [0.2, 0.25) is 10.0 Å². The van der Waals surface area contributed by atoms with Crippen LogP contribution in [-0.4, -0.2) is 16.0 Å². The molecule has 0 saturated carbocycles. The summed E-state index contributed by atoms with van der Waals surface area (Å²) < 4.78 is 5.63. The third-order valence-corrected chi connectivity index (χ3v) is 4.89. The van der Waals surface area contributed by atoms with Crippen LogP contribution in [0.3, 0.4) is 0 Å². The number of aromatic nitrogens is 1. The lowest BCUT2D eigenvalue weighted by molar-refractivity contribution is 0.0951. The highest BCUT2D eigenvalue weighted by Crippen LogP contribution is 2.31. The number of amides is 1. The number of pyridine rings is 1. The highest BCUT2D eigenvalue weighted by atomic mass is 35.5. The van der Waals surface area contributed by atoms with Gasteiger partial charge in [-0.2, -0.15) is 0 Å². The molecule has 2 aromatic carbocycles. The van der Waals surface area contributed by atoms with E-state index in [4.69, 9.17) is 39.8 Å². The molecule has 144 valence electrons. The van der Waals surface area contributed by atoms with Crippen molar-refractivity contribution in [2.75, 3.05) is 5.32 Å². The number of thiocarbonyl (C=S) groups is 1. The number of fused-ring (bicyclic) bond motifs is 1. The van der Waals surface area contributed by atoms with Crippen molar-refractivity contribution in [2.24, 2.45) is 0 Å². The van der Waals surface area contributed by atoms with Gasteiger partial charge in [0.05, 0.1) is 16.2 Å². The molecular weight excluding hydrogens is 429 g/mol. The fraction of sp³-hybridized carbons (Fsp3) is 0. The number of nitrogens with zero attached hydrogens (tertiary/aromatic N) is 1. The molecule has 1 amide bonds. The first kappa shape index (κ1) is 19.4. The number of furan rings is 1.